The molecule has 0 spiro atoms. The normalized spacial score (nSPS) is 10.8. The Balaban J connectivity index is 1.92. The van der Waals surface area contributed by atoms with Gasteiger partial charge in [0.2, 0.25) is 0 Å². The number of aromatic nitrogens is 1. The zero-order valence-electron chi connectivity index (χ0n) is 10.7. The fraction of sp³-hybridized carbons (Fsp3) is 0.214. The maximum absolute atomic E-state index is 11.8. The Morgan fingerprint density at radius 2 is 2.26 bits per heavy atom. The van der Waals surface area contributed by atoms with E-state index in [1.807, 2.05) is 23.6 Å². The summed E-state index contributed by atoms with van der Waals surface area (Å²) in [5.74, 6) is -0.177. The Hall–Kier alpha value is -2.01. The van der Waals surface area contributed by atoms with Crippen LogP contribution >= 0.6 is 11.3 Å². The number of carbonyl (C=O) groups is 1. The van der Waals surface area contributed by atoms with Crippen LogP contribution in [-0.2, 0) is 6.42 Å². The lowest BCUT2D eigenvalue weighted by atomic mass is 10.2. The molecule has 0 aliphatic carbocycles. The van der Waals surface area contributed by atoms with Crippen molar-refractivity contribution in [1.29, 1.82) is 0 Å². The minimum atomic E-state index is -0.177. The number of nitrogens with zero attached hydrogens (tertiary/aromatic N) is 2. The van der Waals surface area contributed by atoms with Crippen molar-refractivity contribution in [3.63, 3.8) is 0 Å². The molecule has 2 heterocycles. The van der Waals surface area contributed by atoms with Crippen molar-refractivity contribution < 1.29 is 4.79 Å². The number of hydrogen-bond donors (Lipinski definition) is 1. The van der Waals surface area contributed by atoms with Gasteiger partial charge in [0.05, 0.1) is 11.8 Å². The Bertz CT molecular complexity index is 563. The summed E-state index contributed by atoms with van der Waals surface area (Å²) in [7, 11) is 0. The van der Waals surface area contributed by atoms with Crippen LogP contribution in [0.2, 0.25) is 0 Å². The van der Waals surface area contributed by atoms with Gasteiger partial charge < -0.3 is 0 Å². The van der Waals surface area contributed by atoms with E-state index in [0.717, 1.165) is 18.4 Å². The summed E-state index contributed by atoms with van der Waals surface area (Å²) in [6, 6.07) is 5.56. The second-order valence-electron chi connectivity index (χ2n) is 4.03. The third-order valence-corrected chi connectivity index (χ3v) is 3.49. The maximum atomic E-state index is 11.8. The molecule has 0 aliphatic heterocycles. The first kappa shape index (κ1) is 13.4. The van der Waals surface area contributed by atoms with E-state index in [2.05, 4.69) is 22.4 Å². The summed E-state index contributed by atoms with van der Waals surface area (Å²) in [6.45, 7) is 2.12. The number of pyridine rings is 1. The summed E-state index contributed by atoms with van der Waals surface area (Å²) >= 11 is 1.61. The largest absolute Gasteiger partial charge is 0.272 e. The topological polar surface area (TPSA) is 54.4 Å². The molecule has 5 heteroatoms. The highest BCUT2D eigenvalue weighted by Gasteiger charge is 2.07. The van der Waals surface area contributed by atoms with Gasteiger partial charge in [-0.25, -0.2) is 5.43 Å². The SMILES string of the molecule is CCCc1cc(C(=O)N/N=C\c2ccncc2)cs1. The van der Waals surface area contributed by atoms with Crippen molar-refractivity contribution in [3.05, 3.63) is 52.0 Å². The average Bonchev–Trinajstić information content (AvgIpc) is 2.89. The van der Waals surface area contributed by atoms with Gasteiger partial charge >= 0.3 is 0 Å². The number of amides is 1. The van der Waals surface area contributed by atoms with E-state index in [1.54, 1.807) is 29.9 Å². The van der Waals surface area contributed by atoms with Gasteiger partial charge in [0, 0.05) is 22.7 Å². The van der Waals surface area contributed by atoms with Crippen molar-refractivity contribution in [2.45, 2.75) is 19.8 Å². The molecular weight excluding hydrogens is 258 g/mol. The predicted octanol–water partition coefficient (Wildman–Crippen LogP) is 2.86. The van der Waals surface area contributed by atoms with Crippen LogP contribution in [0.4, 0.5) is 0 Å². The van der Waals surface area contributed by atoms with Crippen LogP contribution in [0.1, 0.15) is 34.1 Å². The van der Waals surface area contributed by atoms with Crippen LogP contribution in [0.15, 0.2) is 41.1 Å². The van der Waals surface area contributed by atoms with Crippen molar-refractivity contribution in [2.24, 2.45) is 5.10 Å². The highest BCUT2D eigenvalue weighted by atomic mass is 32.1. The zero-order valence-corrected chi connectivity index (χ0v) is 11.5. The van der Waals surface area contributed by atoms with Gasteiger partial charge in [-0.1, -0.05) is 13.3 Å². The minimum absolute atomic E-state index is 0.177. The molecule has 2 rings (SSSR count). The molecule has 0 aromatic carbocycles. The minimum Gasteiger partial charge on any atom is -0.267 e. The molecule has 19 heavy (non-hydrogen) atoms. The summed E-state index contributed by atoms with van der Waals surface area (Å²) in [6.07, 6.45) is 7.05. The molecule has 2 aromatic heterocycles. The second kappa shape index (κ2) is 6.80. The first-order valence-electron chi connectivity index (χ1n) is 6.10. The van der Waals surface area contributed by atoms with E-state index in [0.29, 0.717) is 5.56 Å². The molecule has 0 saturated heterocycles. The van der Waals surface area contributed by atoms with E-state index in [9.17, 15) is 4.79 Å². The third kappa shape index (κ3) is 3.99. The van der Waals surface area contributed by atoms with Crippen LogP contribution in [0, 0.1) is 0 Å². The lowest BCUT2D eigenvalue weighted by molar-refractivity contribution is 0.0955. The van der Waals surface area contributed by atoms with Crippen LogP contribution in [-0.4, -0.2) is 17.1 Å². The van der Waals surface area contributed by atoms with Crippen LogP contribution in [0.25, 0.3) is 0 Å². The number of hydrogen-bond acceptors (Lipinski definition) is 4. The van der Waals surface area contributed by atoms with Gasteiger partial charge in [-0.15, -0.1) is 11.3 Å². The van der Waals surface area contributed by atoms with Crippen molar-refractivity contribution in [1.82, 2.24) is 10.4 Å². The Labute approximate surface area is 116 Å². The molecule has 1 amide bonds. The summed E-state index contributed by atoms with van der Waals surface area (Å²) < 4.78 is 0. The lowest BCUT2D eigenvalue weighted by Crippen LogP contribution is -2.16. The Morgan fingerprint density at radius 3 is 3.00 bits per heavy atom. The molecule has 0 unspecified atom stereocenters. The molecule has 0 fully saturated rings. The standard InChI is InChI=1S/C14H15N3OS/c1-2-3-13-8-12(10-19-13)14(18)17-16-9-11-4-6-15-7-5-11/h4-10H,2-3H2,1H3,(H,17,18)/b16-9-. The number of hydrazone groups is 1. The Kier molecular flexibility index (Phi) is 4.80. The second-order valence-corrected chi connectivity index (χ2v) is 5.03. The van der Waals surface area contributed by atoms with Crippen LogP contribution in [0.5, 0.6) is 0 Å². The van der Waals surface area contributed by atoms with E-state index in [1.165, 1.54) is 4.88 Å². The predicted molar refractivity (Wildman–Crippen MR) is 77.6 cm³/mol. The number of thiophene rings is 1. The molecule has 0 atom stereocenters. The quantitative estimate of drug-likeness (QED) is 0.672. The van der Waals surface area contributed by atoms with Gasteiger partial charge in [-0.05, 0) is 30.2 Å². The van der Waals surface area contributed by atoms with E-state index < -0.39 is 0 Å². The lowest BCUT2D eigenvalue weighted by Gasteiger charge is -1.96. The van der Waals surface area contributed by atoms with E-state index in [4.69, 9.17) is 0 Å². The molecule has 2 aromatic rings. The number of rotatable bonds is 5. The van der Waals surface area contributed by atoms with Crippen LogP contribution < -0.4 is 5.43 Å². The monoisotopic (exact) mass is 273 g/mol. The van der Waals surface area contributed by atoms with Crippen molar-refractivity contribution in [3.8, 4) is 0 Å². The third-order valence-electron chi connectivity index (χ3n) is 2.50. The molecule has 0 bridgehead atoms. The summed E-state index contributed by atoms with van der Waals surface area (Å²) in [4.78, 5) is 17.0. The number of carbonyl (C=O) groups excluding carboxylic acids is 1. The molecule has 0 saturated carbocycles. The summed E-state index contributed by atoms with van der Waals surface area (Å²) in [5, 5.41) is 5.79. The van der Waals surface area contributed by atoms with Gasteiger partial charge in [0.25, 0.3) is 5.91 Å². The zero-order chi connectivity index (χ0) is 13.5. The fourth-order valence-corrected chi connectivity index (χ4v) is 2.53. The van der Waals surface area contributed by atoms with E-state index in [-0.39, 0.29) is 5.91 Å². The van der Waals surface area contributed by atoms with Crippen molar-refractivity contribution >= 4 is 23.5 Å². The highest BCUT2D eigenvalue weighted by Crippen LogP contribution is 2.16. The molecule has 4 nitrogen and oxygen atoms in total. The van der Waals surface area contributed by atoms with Gasteiger partial charge in [0.1, 0.15) is 0 Å². The maximum Gasteiger partial charge on any atom is 0.272 e. The molecule has 0 radical (unpaired) electrons. The van der Waals surface area contributed by atoms with Gasteiger partial charge in [-0.3, -0.25) is 9.78 Å². The first-order chi connectivity index (χ1) is 9.29. The van der Waals surface area contributed by atoms with Crippen LogP contribution in [0.3, 0.4) is 0 Å². The number of aryl methyl sites for hydroxylation is 1. The molecular formula is C14H15N3OS. The fourth-order valence-electron chi connectivity index (χ4n) is 1.56. The highest BCUT2D eigenvalue weighted by molar-refractivity contribution is 7.10. The molecule has 1 N–H and O–H groups in total. The molecule has 0 aliphatic rings. The van der Waals surface area contributed by atoms with E-state index >= 15 is 0 Å². The van der Waals surface area contributed by atoms with Gasteiger partial charge in [-0.2, -0.15) is 5.10 Å². The first-order valence-corrected chi connectivity index (χ1v) is 6.98. The summed E-state index contributed by atoms with van der Waals surface area (Å²) in [5.41, 5.74) is 4.08. The molecule has 98 valence electrons. The average molecular weight is 273 g/mol. The Morgan fingerprint density at radius 1 is 1.47 bits per heavy atom. The smallest absolute Gasteiger partial charge is 0.267 e. The van der Waals surface area contributed by atoms with Gasteiger partial charge in [0.15, 0.2) is 0 Å². The number of nitrogens with one attached hydrogen (secondary N) is 1. The van der Waals surface area contributed by atoms with Crippen molar-refractivity contribution in [2.75, 3.05) is 0 Å².